The third-order valence-corrected chi connectivity index (χ3v) is 7.45. The van der Waals surface area contributed by atoms with Gasteiger partial charge in [-0.2, -0.15) is 9.97 Å². The van der Waals surface area contributed by atoms with Gasteiger partial charge in [-0.25, -0.2) is 9.55 Å². The van der Waals surface area contributed by atoms with Gasteiger partial charge in [-0.15, -0.1) is 0 Å². The summed E-state index contributed by atoms with van der Waals surface area (Å²) in [5, 5.41) is 22.1. The molecule has 206 valence electrons. The minimum absolute atomic E-state index is 0.0480. The van der Waals surface area contributed by atoms with Crippen molar-refractivity contribution in [1.82, 2.24) is 29.5 Å². The van der Waals surface area contributed by atoms with E-state index < -0.39 is 38.5 Å². The van der Waals surface area contributed by atoms with E-state index in [0.717, 1.165) is 0 Å². The Hall–Kier alpha value is -3.56. The third kappa shape index (κ3) is 5.74. The monoisotopic (exact) mass is 558 g/mol. The van der Waals surface area contributed by atoms with Crippen molar-refractivity contribution in [2.45, 2.75) is 44.2 Å². The van der Waals surface area contributed by atoms with Gasteiger partial charge in [-0.1, -0.05) is 12.1 Å². The van der Waals surface area contributed by atoms with E-state index in [1.54, 1.807) is 49.1 Å². The number of rotatable bonds is 10. The van der Waals surface area contributed by atoms with Crippen LogP contribution in [0.15, 0.2) is 55.4 Å². The molecule has 0 unspecified atom stereocenters. The molecule has 0 saturated carbocycles. The van der Waals surface area contributed by atoms with Gasteiger partial charge in [0, 0.05) is 24.8 Å². The number of ether oxygens (including phenoxy) is 1. The molecule has 6 N–H and O–H groups in total. The molecule has 4 aromatic heterocycles. The molecule has 1 aliphatic heterocycles. The Bertz CT molecular complexity index is 1430. The molecule has 16 heteroatoms. The fourth-order valence-electron chi connectivity index (χ4n) is 4.06. The first kappa shape index (κ1) is 27.0. The van der Waals surface area contributed by atoms with Crippen LogP contribution in [0.1, 0.15) is 24.3 Å². The van der Waals surface area contributed by atoms with Crippen molar-refractivity contribution in [3.05, 3.63) is 66.5 Å². The van der Waals surface area contributed by atoms with Crippen molar-refractivity contribution >= 4 is 30.8 Å². The number of pyridine rings is 2. The SMILES string of the molecule is C[C@]1(O)[C@@H](O)[C@@H](COP(=O)(OCc2cccnc2)OCc2cccnc2)O[C@H]1n1cnc2c(N)nc(N)nc21. The molecule has 0 aromatic carbocycles. The number of aromatic nitrogens is 6. The minimum atomic E-state index is -4.20. The Morgan fingerprint density at radius 3 is 2.31 bits per heavy atom. The number of hydrogen-bond acceptors (Lipinski definition) is 14. The van der Waals surface area contributed by atoms with Crippen LogP contribution in [0.5, 0.6) is 0 Å². The second kappa shape index (κ2) is 10.9. The van der Waals surface area contributed by atoms with Gasteiger partial charge in [0.2, 0.25) is 5.95 Å². The average Bonchev–Trinajstić information content (AvgIpc) is 3.44. The lowest BCUT2D eigenvalue weighted by Gasteiger charge is -2.27. The van der Waals surface area contributed by atoms with Crippen molar-refractivity contribution in [1.29, 1.82) is 0 Å². The summed E-state index contributed by atoms with van der Waals surface area (Å²) in [4.78, 5) is 20.2. The normalized spacial score (nSPS) is 23.4. The van der Waals surface area contributed by atoms with Crippen LogP contribution in [0.2, 0.25) is 0 Å². The maximum atomic E-state index is 13.6. The molecule has 4 aromatic rings. The first-order chi connectivity index (χ1) is 18.7. The van der Waals surface area contributed by atoms with Crippen LogP contribution in [0, 0.1) is 0 Å². The molecule has 4 atom stereocenters. The van der Waals surface area contributed by atoms with E-state index in [4.69, 9.17) is 29.8 Å². The molecule has 0 amide bonds. The highest BCUT2D eigenvalue weighted by Crippen LogP contribution is 2.52. The molecule has 1 saturated heterocycles. The maximum absolute atomic E-state index is 13.6. The van der Waals surface area contributed by atoms with E-state index in [0.29, 0.717) is 11.1 Å². The molecule has 0 spiro atoms. The predicted octanol–water partition coefficient (Wildman–Crippen LogP) is 1.35. The van der Waals surface area contributed by atoms with Crippen molar-refractivity contribution in [2.24, 2.45) is 0 Å². The number of aliphatic hydroxyl groups is 2. The van der Waals surface area contributed by atoms with Crippen LogP contribution in [0.3, 0.4) is 0 Å². The van der Waals surface area contributed by atoms with Crippen molar-refractivity contribution < 1.29 is 33.1 Å². The molecular formula is C23H27N8O7P. The highest BCUT2D eigenvalue weighted by molar-refractivity contribution is 7.48. The van der Waals surface area contributed by atoms with Gasteiger partial charge in [0.25, 0.3) is 0 Å². The van der Waals surface area contributed by atoms with Gasteiger partial charge in [-0.05, 0) is 30.2 Å². The standard InChI is InChI=1S/C23H27N8O7P/c1-23(33)18(32)16(38-21(23)31-13-28-17-19(24)29-22(25)30-20(17)31)12-37-39(34,35-10-14-4-2-6-26-8-14)36-11-15-5-3-7-27-9-15/h2-9,13,16,18,21,32-33H,10-12H2,1H3,(H4,24,25,29,30)/t16-,18+,21-,23+/m1/s1. The Labute approximate surface area is 222 Å². The lowest BCUT2D eigenvalue weighted by Crippen LogP contribution is -2.44. The zero-order chi connectivity index (χ0) is 27.6. The fraction of sp³-hybridized carbons (Fsp3) is 0.348. The van der Waals surface area contributed by atoms with E-state index in [1.165, 1.54) is 17.8 Å². The molecule has 1 aliphatic rings. The molecule has 5 heterocycles. The van der Waals surface area contributed by atoms with Crippen LogP contribution in [-0.4, -0.2) is 64.1 Å². The lowest BCUT2D eigenvalue weighted by atomic mass is 9.96. The number of aliphatic hydroxyl groups excluding tert-OH is 1. The zero-order valence-electron chi connectivity index (χ0n) is 20.8. The van der Waals surface area contributed by atoms with E-state index in [2.05, 4.69) is 24.9 Å². The number of nitrogens with two attached hydrogens (primary N) is 2. The van der Waals surface area contributed by atoms with E-state index >= 15 is 0 Å². The summed E-state index contributed by atoms with van der Waals surface area (Å²) in [7, 11) is -4.20. The Balaban J connectivity index is 1.33. The number of imidazole rings is 1. The quantitative estimate of drug-likeness (QED) is 0.202. The number of nitrogen functional groups attached to an aromatic ring is 2. The number of anilines is 2. The Morgan fingerprint density at radius 1 is 1.08 bits per heavy atom. The number of nitrogens with zero attached hydrogens (tertiary/aromatic N) is 6. The topological polar surface area (TPSA) is 216 Å². The lowest BCUT2D eigenvalue weighted by molar-refractivity contribution is -0.0950. The summed E-state index contributed by atoms with van der Waals surface area (Å²) < 4.78 is 37.6. The third-order valence-electron chi connectivity index (χ3n) is 6.09. The molecule has 0 radical (unpaired) electrons. The summed E-state index contributed by atoms with van der Waals surface area (Å²) in [6.07, 6.45) is 3.84. The van der Waals surface area contributed by atoms with Crippen LogP contribution < -0.4 is 11.5 Å². The second-order valence-electron chi connectivity index (χ2n) is 9.00. The van der Waals surface area contributed by atoms with E-state index in [1.807, 2.05) is 0 Å². The smallest absolute Gasteiger partial charge is 0.387 e. The van der Waals surface area contributed by atoms with E-state index in [-0.39, 0.29) is 36.1 Å². The fourth-order valence-corrected chi connectivity index (χ4v) is 5.22. The van der Waals surface area contributed by atoms with Crippen molar-refractivity contribution in [3.8, 4) is 0 Å². The van der Waals surface area contributed by atoms with E-state index in [9.17, 15) is 14.8 Å². The van der Waals surface area contributed by atoms with Crippen LogP contribution >= 0.6 is 7.82 Å². The first-order valence-electron chi connectivity index (χ1n) is 11.8. The highest BCUT2D eigenvalue weighted by Gasteiger charge is 2.54. The van der Waals surface area contributed by atoms with Crippen LogP contribution in [0.25, 0.3) is 11.2 Å². The van der Waals surface area contributed by atoms with Crippen molar-refractivity contribution in [3.63, 3.8) is 0 Å². The molecular weight excluding hydrogens is 531 g/mol. The summed E-state index contributed by atoms with van der Waals surface area (Å²) in [5.74, 6) is -0.0518. The number of phosphoric ester groups is 1. The van der Waals surface area contributed by atoms with Crippen molar-refractivity contribution in [2.75, 3.05) is 18.1 Å². The molecule has 15 nitrogen and oxygen atoms in total. The zero-order valence-corrected chi connectivity index (χ0v) is 21.7. The molecule has 1 fully saturated rings. The van der Waals surface area contributed by atoms with Gasteiger partial charge in [0.05, 0.1) is 26.1 Å². The largest absolute Gasteiger partial charge is 0.475 e. The highest BCUT2D eigenvalue weighted by atomic mass is 31.2. The summed E-state index contributed by atoms with van der Waals surface area (Å²) >= 11 is 0. The average molecular weight is 558 g/mol. The van der Waals surface area contributed by atoms with Gasteiger partial charge in [0.1, 0.15) is 23.3 Å². The molecule has 0 aliphatic carbocycles. The number of hydrogen-bond donors (Lipinski definition) is 4. The number of phosphoric acid groups is 1. The Kier molecular flexibility index (Phi) is 7.55. The summed E-state index contributed by atoms with van der Waals surface area (Å²) in [6.45, 7) is 0.697. The van der Waals surface area contributed by atoms with Gasteiger partial charge >= 0.3 is 7.82 Å². The van der Waals surface area contributed by atoms with Gasteiger partial charge in [-0.3, -0.25) is 28.1 Å². The van der Waals surface area contributed by atoms with Crippen LogP contribution in [-0.2, 0) is 36.1 Å². The maximum Gasteiger partial charge on any atom is 0.475 e. The molecule has 0 bridgehead atoms. The minimum Gasteiger partial charge on any atom is -0.387 e. The van der Waals surface area contributed by atoms with Crippen LogP contribution in [0.4, 0.5) is 11.8 Å². The molecule has 5 rings (SSSR count). The predicted molar refractivity (Wildman–Crippen MR) is 136 cm³/mol. The molecule has 39 heavy (non-hydrogen) atoms. The first-order valence-corrected chi connectivity index (χ1v) is 13.3. The number of fused-ring (bicyclic) bond motifs is 1. The van der Waals surface area contributed by atoms with Gasteiger partial charge < -0.3 is 26.4 Å². The Morgan fingerprint density at radius 2 is 1.72 bits per heavy atom. The summed E-state index contributed by atoms with van der Waals surface area (Å²) in [6, 6.07) is 6.89. The summed E-state index contributed by atoms with van der Waals surface area (Å²) in [5.41, 5.74) is 11.5. The second-order valence-corrected chi connectivity index (χ2v) is 10.7. The van der Waals surface area contributed by atoms with Gasteiger partial charge in [0.15, 0.2) is 17.7 Å².